The molecule has 0 saturated carbocycles. The quantitative estimate of drug-likeness (QED) is 0.643. The van der Waals surface area contributed by atoms with Crippen molar-refractivity contribution in [2.24, 2.45) is 7.05 Å². The van der Waals surface area contributed by atoms with Crippen molar-refractivity contribution in [2.45, 2.75) is 12.1 Å². The Morgan fingerprint density at radius 1 is 1.50 bits per heavy atom. The summed E-state index contributed by atoms with van der Waals surface area (Å²) in [5.41, 5.74) is 0. The molecule has 3 nitrogen and oxygen atoms in total. The predicted molar refractivity (Wildman–Crippen MR) is 35.6 cm³/mol. The standard InChI is InChI=1S/C5H5ClF3N3/c1-12-3(2-6)10-4(11-12)5(7,8)9/h2H2,1H3. The molecule has 1 rings (SSSR count). The number of nitrogens with zero attached hydrogens (tertiary/aromatic N) is 3. The molecular formula is C5H5ClF3N3. The lowest BCUT2D eigenvalue weighted by atomic mass is 10.6. The van der Waals surface area contributed by atoms with Crippen molar-refractivity contribution in [1.29, 1.82) is 0 Å². The van der Waals surface area contributed by atoms with E-state index >= 15 is 0 Å². The van der Waals surface area contributed by atoms with Gasteiger partial charge >= 0.3 is 6.18 Å². The molecule has 0 aromatic carbocycles. The molecule has 0 amide bonds. The minimum absolute atomic E-state index is 0.0837. The number of hydrogen-bond acceptors (Lipinski definition) is 2. The van der Waals surface area contributed by atoms with Gasteiger partial charge in [0.2, 0.25) is 0 Å². The highest BCUT2D eigenvalue weighted by molar-refractivity contribution is 6.16. The minimum Gasteiger partial charge on any atom is -0.251 e. The largest absolute Gasteiger partial charge is 0.453 e. The van der Waals surface area contributed by atoms with E-state index in [1.165, 1.54) is 7.05 Å². The van der Waals surface area contributed by atoms with Crippen molar-refractivity contribution in [3.63, 3.8) is 0 Å². The molecule has 0 N–H and O–H groups in total. The summed E-state index contributed by atoms with van der Waals surface area (Å²) in [7, 11) is 1.36. The third kappa shape index (κ3) is 1.69. The number of hydrogen-bond donors (Lipinski definition) is 0. The van der Waals surface area contributed by atoms with Gasteiger partial charge in [-0.25, -0.2) is 4.98 Å². The molecule has 0 saturated heterocycles. The maximum atomic E-state index is 11.9. The van der Waals surface area contributed by atoms with Crippen molar-refractivity contribution < 1.29 is 13.2 Å². The molecule has 0 unspecified atom stereocenters. The highest BCUT2D eigenvalue weighted by atomic mass is 35.5. The van der Waals surface area contributed by atoms with Crippen LogP contribution in [-0.4, -0.2) is 14.8 Å². The van der Waals surface area contributed by atoms with Crippen LogP contribution >= 0.6 is 11.6 Å². The summed E-state index contributed by atoms with van der Waals surface area (Å²) in [6.07, 6.45) is -4.50. The lowest BCUT2D eigenvalue weighted by Crippen LogP contribution is -2.08. The molecule has 1 aromatic rings. The number of halogens is 4. The summed E-state index contributed by atoms with van der Waals surface area (Å²) in [4.78, 5) is 3.19. The van der Waals surface area contributed by atoms with Crippen LogP contribution in [0.3, 0.4) is 0 Å². The van der Waals surface area contributed by atoms with E-state index < -0.39 is 12.0 Å². The molecule has 0 fully saturated rings. The Kier molecular flexibility index (Phi) is 2.27. The van der Waals surface area contributed by atoms with Gasteiger partial charge in [0.15, 0.2) is 0 Å². The van der Waals surface area contributed by atoms with Gasteiger partial charge < -0.3 is 0 Å². The Hall–Kier alpha value is -0.780. The highest BCUT2D eigenvalue weighted by Gasteiger charge is 2.36. The molecule has 1 aromatic heterocycles. The third-order valence-corrected chi connectivity index (χ3v) is 1.47. The summed E-state index contributed by atoms with van der Waals surface area (Å²) >= 11 is 5.30. The predicted octanol–water partition coefficient (Wildman–Crippen LogP) is 1.57. The van der Waals surface area contributed by atoms with E-state index in [4.69, 9.17) is 11.6 Å². The van der Waals surface area contributed by atoms with Crippen LogP contribution in [0.15, 0.2) is 0 Å². The molecule has 0 atom stereocenters. The molecule has 0 bridgehead atoms. The summed E-state index contributed by atoms with van der Waals surface area (Å²) in [5, 5.41) is 3.15. The van der Waals surface area contributed by atoms with Crippen LogP contribution in [0.4, 0.5) is 13.2 Å². The molecule has 68 valence electrons. The summed E-state index contributed by atoms with van der Waals surface area (Å²) < 4.78 is 36.8. The van der Waals surface area contributed by atoms with Gasteiger partial charge in [-0.15, -0.1) is 16.7 Å². The molecule has 0 radical (unpaired) electrons. The summed E-state index contributed by atoms with van der Waals surface area (Å²) in [6.45, 7) is 0. The van der Waals surface area contributed by atoms with Gasteiger partial charge in [-0.05, 0) is 0 Å². The van der Waals surface area contributed by atoms with E-state index in [2.05, 4.69) is 10.1 Å². The van der Waals surface area contributed by atoms with Crippen molar-refractivity contribution in [2.75, 3.05) is 0 Å². The number of aryl methyl sites for hydroxylation is 1. The van der Waals surface area contributed by atoms with E-state index in [1.807, 2.05) is 0 Å². The maximum absolute atomic E-state index is 11.9. The average molecular weight is 200 g/mol. The Morgan fingerprint density at radius 2 is 2.08 bits per heavy atom. The normalized spacial score (nSPS) is 12.1. The van der Waals surface area contributed by atoms with Gasteiger partial charge in [-0.3, -0.25) is 4.68 Å². The van der Waals surface area contributed by atoms with E-state index in [-0.39, 0.29) is 11.7 Å². The zero-order valence-corrected chi connectivity index (χ0v) is 6.82. The molecule has 7 heteroatoms. The smallest absolute Gasteiger partial charge is 0.251 e. The fourth-order valence-corrected chi connectivity index (χ4v) is 0.886. The summed E-state index contributed by atoms with van der Waals surface area (Å²) in [6, 6.07) is 0. The molecule has 0 spiro atoms. The second kappa shape index (κ2) is 2.93. The maximum Gasteiger partial charge on any atom is 0.453 e. The number of aromatic nitrogens is 3. The first-order valence-corrected chi connectivity index (χ1v) is 3.51. The van der Waals surface area contributed by atoms with E-state index in [0.29, 0.717) is 0 Å². The van der Waals surface area contributed by atoms with Gasteiger partial charge in [0.1, 0.15) is 5.82 Å². The minimum atomic E-state index is -4.50. The molecule has 0 aliphatic carbocycles. The Morgan fingerprint density at radius 3 is 2.33 bits per heavy atom. The lowest BCUT2D eigenvalue weighted by molar-refractivity contribution is -0.145. The van der Waals surface area contributed by atoms with E-state index in [1.54, 1.807) is 0 Å². The fourth-order valence-electron chi connectivity index (χ4n) is 0.653. The molecule has 0 aliphatic heterocycles. The monoisotopic (exact) mass is 199 g/mol. The first-order valence-electron chi connectivity index (χ1n) is 2.98. The zero-order valence-electron chi connectivity index (χ0n) is 6.06. The van der Waals surface area contributed by atoms with E-state index in [9.17, 15) is 13.2 Å². The Bertz CT molecular complexity index is 280. The van der Waals surface area contributed by atoms with E-state index in [0.717, 1.165) is 4.68 Å². The van der Waals surface area contributed by atoms with Crippen molar-refractivity contribution in [1.82, 2.24) is 14.8 Å². The zero-order chi connectivity index (χ0) is 9.35. The van der Waals surface area contributed by atoms with Crippen LogP contribution < -0.4 is 0 Å². The van der Waals surface area contributed by atoms with Crippen LogP contribution in [0.2, 0.25) is 0 Å². The lowest BCUT2D eigenvalue weighted by Gasteiger charge is -1.97. The van der Waals surface area contributed by atoms with Gasteiger partial charge in [-0.2, -0.15) is 13.2 Å². The first kappa shape index (κ1) is 9.31. The Labute approximate surface area is 71.2 Å². The van der Waals surface area contributed by atoms with Crippen molar-refractivity contribution >= 4 is 11.6 Å². The first-order chi connectivity index (χ1) is 5.45. The van der Waals surface area contributed by atoms with Crippen molar-refractivity contribution in [3.05, 3.63) is 11.6 Å². The Balaban J connectivity index is 3.05. The second-order valence-electron chi connectivity index (χ2n) is 2.11. The number of alkyl halides is 4. The topological polar surface area (TPSA) is 30.7 Å². The SMILES string of the molecule is Cn1nc(C(F)(F)F)nc1CCl. The average Bonchev–Trinajstić information content (AvgIpc) is 2.29. The van der Waals surface area contributed by atoms with Crippen LogP contribution in [0.1, 0.15) is 11.6 Å². The van der Waals surface area contributed by atoms with Crippen LogP contribution in [0.5, 0.6) is 0 Å². The van der Waals surface area contributed by atoms with Crippen LogP contribution in [0.25, 0.3) is 0 Å². The van der Waals surface area contributed by atoms with Gasteiger partial charge in [0.25, 0.3) is 5.82 Å². The van der Waals surface area contributed by atoms with Crippen molar-refractivity contribution in [3.8, 4) is 0 Å². The summed E-state index contributed by atoms with van der Waals surface area (Å²) in [5.74, 6) is -1.14. The fraction of sp³-hybridized carbons (Fsp3) is 0.600. The molecule has 0 aliphatic rings. The number of rotatable bonds is 1. The molecule has 1 heterocycles. The highest BCUT2D eigenvalue weighted by Crippen LogP contribution is 2.26. The van der Waals surface area contributed by atoms with Crippen LogP contribution in [-0.2, 0) is 19.1 Å². The van der Waals surface area contributed by atoms with Crippen LogP contribution in [0, 0.1) is 0 Å². The van der Waals surface area contributed by atoms with Gasteiger partial charge in [0.05, 0.1) is 5.88 Å². The second-order valence-corrected chi connectivity index (χ2v) is 2.37. The molecular weight excluding hydrogens is 195 g/mol. The van der Waals surface area contributed by atoms with Gasteiger partial charge in [0, 0.05) is 7.05 Å². The van der Waals surface area contributed by atoms with Gasteiger partial charge in [-0.1, -0.05) is 0 Å². The third-order valence-electron chi connectivity index (χ3n) is 1.23. The molecule has 12 heavy (non-hydrogen) atoms.